The van der Waals surface area contributed by atoms with Gasteiger partial charge in [0.25, 0.3) is 5.56 Å². The summed E-state index contributed by atoms with van der Waals surface area (Å²) in [6, 6.07) is 16.9. The van der Waals surface area contributed by atoms with Gasteiger partial charge in [0.15, 0.2) is 4.80 Å². The maximum Gasteiger partial charge on any atom is 0.338 e. The zero-order valence-electron chi connectivity index (χ0n) is 17.7. The van der Waals surface area contributed by atoms with E-state index in [4.69, 9.17) is 4.74 Å². The normalized spacial score (nSPS) is 16.2. The smallest absolute Gasteiger partial charge is 0.338 e. The summed E-state index contributed by atoms with van der Waals surface area (Å²) in [6.07, 6.45) is 3.78. The number of nitrogens with zero attached hydrogens (tertiary/aromatic N) is 2. The molecule has 0 radical (unpaired) electrons. The van der Waals surface area contributed by atoms with Crippen molar-refractivity contribution in [2.24, 2.45) is 4.99 Å². The second kappa shape index (κ2) is 8.09. The predicted molar refractivity (Wildman–Crippen MR) is 125 cm³/mol. The molecule has 2 aromatic heterocycles. The molecule has 0 aliphatic carbocycles. The van der Waals surface area contributed by atoms with Gasteiger partial charge >= 0.3 is 5.97 Å². The highest BCUT2D eigenvalue weighted by Gasteiger charge is 2.33. The number of carbonyl (C=O) groups excluding carboxylic acids is 1. The lowest BCUT2D eigenvalue weighted by Gasteiger charge is -2.24. The number of H-pyrrole nitrogens is 1. The fourth-order valence-electron chi connectivity index (χ4n) is 4.10. The van der Waals surface area contributed by atoms with E-state index in [-0.39, 0.29) is 12.2 Å². The first-order valence-electron chi connectivity index (χ1n) is 10.4. The third kappa shape index (κ3) is 3.31. The van der Waals surface area contributed by atoms with E-state index >= 15 is 0 Å². The van der Waals surface area contributed by atoms with Gasteiger partial charge in [0.1, 0.15) is 0 Å². The van der Waals surface area contributed by atoms with Crippen molar-refractivity contribution in [2.75, 3.05) is 6.61 Å². The highest BCUT2D eigenvalue weighted by molar-refractivity contribution is 7.07. The van der Waals surface area contributed by atoms with Crippen molar-refractivity contribution in [2.45, 2.75) is 19.9 Å². The van der Waals surface area contributed by atoms with Gasteiger partial charge in [-0.25, -0.2) is 9.79 Å². The molecule has 6 nitrogen and oxygen atoms in total. The lowest BCUT2D eigenvalue weighted by molar-refractivity contribution is -0.139. The van der Waals surface area contributed by atoms with Crippen molar-refractivity contribution in [3.63, 3.8) is 0 Å². The van der Waals surface area contributed by atoms with Crippen molar-refractivity contribution in [1.82, 2.24) is 9.55 Å². The van der Waals surface area contributed by atoms with Crippen LogP contribution < -0.4 is 14.9 Å². The molecular weight excluding hydrogens is 422 g/mol. The maximum absolute atomic E-state index is 13.6. The number of carbonyl (C=O) groups is 1. The lowest BCUT2D eigenvalue weighted by atomic mass is 9.96. The number of benzene rings is 2. The van der Waals surface area contributed by atoms with E-state index in [2.05, 4.69) is 9.98 Å². The van der Waals surface area contributed by atoms with Gasteiger partial charge in [-0.2, -0.15) is 0 Å². The molecule has 0 amide bonds. The number of ether oxygens (including phenoxy) is 1. The highest BCUT2D eigenvalue weighted by atomic mass is 32.1. The van der Waals surface area contributed by atoms with Gasteiger partial charge in [0.05, 0.1) is 28.5 Å². The molecule has 5 rings (SSSR count). The van der Waals surface area contributed by atoms with Gasteiger partial charge in [-0.15, -0.1) is 0 Å². The number of allylic oxidation sites excluding steroid dienone is 1. The van der Waals surface area contributed by atoms with Crippen LogP contribution in [0.5, 0.6) is 0 Å². The summed E-state index contributed by atoms with van der Waals surface area (Å²) in [5, 5.41) is 1.04. The average molecular weight is 444 g/mol. The Morgan fingerprint density at radius 3 is 2.72 bits per heavy atom. The van der Waals surface area contributed by atoms with Crippen LogP contribution in [0.1, 0.15) is 31.0 Å². The monoisotopic (exact) mass is 443 g/mol. The molecule has 1 unspecified atom stereocenters. The first-order valence-corrected chi connectivity index (χ1v) is 11.2. The molecule has 32 heavy (non-hydrogen) atoms. The van der Waals surface area contributed by atoms with Crippen LogP contribution >= 0.6 is 11.3 Å². The van der Waals surface area contributed by atoms with Crippen molar-refractivity contribution in [1.29, 1.82) is 0 Å². The summed E-state index contributed by atoms with van der Waals surface area (Å²) in [4.78, 5) is 34.9. The van der Waals surface area contributed by atoms with E-state index in [1.54, 1.807) is 18.4 Å². The minimum Gasteiger partial charge on any atom is -0.463 e. The van der Waals surface area contributed by atoms with Gasteiger partial charge in [0, 0.05) is 22.7 Å². The molecule has 0 fully saturated rings. The molecule has 1 aliphatic rings. The molecule has 160 valence electrons. The number of rotatable bonds is 4. The Morgan fingerprint density at radius 2 is 1.94 bits per heavy atom. The first kappa shape index (κ1) is 20.2. The van der Waals surface area contributed by atoms with Gasteiger partial charge in [-0.05, 0) is 31.6 Å². The number of hydrogen-bond donors (Lipinski definition) is 1. The Kier molecular flexibility index (Phi) is 5.11. The average Bonchev–Trinajstić information content (AvgIpc) is 3.34. The zero-order chi connectivity index (χ0) is 22.2. The Balaban J connectivity index is 1.74. The van der Waals surface area contributed by atoms with Crippen LogP contribution in [-0.4, -0.2) is 22.1 Å². The summed E-state index contributed by atoms with van der Waals surface area (Å²) in [6.45, 7) is 3.81. The van der Waals surface area contributed by atoms with E-state index in [1.807, 2.05) is 66.9 Å². The Labute approximate surface area is 187 Å². The molecule has 2 aromatic carbocycles. The fraction of sp³-hybridized carbons (Fsp3) is 0.160. The number of esters is 1. The van der Waals surface area contributed by atoms with Crippen molar-refractivity contribution < 1.29 is 9.53 Å². The molecule has 0 bridgehead atoms. The summed E-state index contributed by atoms with van der Waals surface area (Å²) >= 11 is 1.33. The number of aromatic nitrogens is 2. The topological polar surface area (TPSA) is 76.4 Å². The molecule has 3 heterocycles. The number of thiazole rings is 1. The Bertz CT molecular complexity index is 1540. The van der Waals surface area contributed by atoms with Crippen LogP contribution in [0.2, 0.25) is 0 Å². The largest absolute Gasteiger partial charge is 0.463 e. The van der Waals surface area contributed by atoms with Crippen LogP contribution in [-0.2, 0) is 9.53 Å². The minimum absolute atomic E-state index is 0.179. The van der Waals surface area contributed by atoms with Crippen molar-refractivity contribution in [3.8, 4) is 0 Å². The molecule has 0 saturated carbocycles. The van der Waals surface area contributed by atoms with E-state index in [9.17, 15) is 9.59 Å². The molecular formula is C25H21N3O3S. The van der Waals surface area contributed by atoms with E-state index in [0.717, 1.165) is 22.0 Å². The predicted octanol–water partition coefficient (Wildman–Crippen LogP) is 3.28. The van der Waals surface area contributed by atoms with Crippen LogP contribution in [0.15, 0.2) is 81.9 Å². The second-order valence-corrected chi connectivity index (χ2v) is 8.51. The molecule has 1 N–H and O–H groups in total. The number of hydrogen-bond acceptors (Lipinski definition) is 5. The molecule has 4 aromatic rings. The van der Waals surface area contributed by atoms with Crippen molar-refractivity contribution in [3.05, 3.63) is 103 Å². The number of para-hydroxylation sites is 1. The first-order chi connectivity index (χ1) is 15.6. The molecule has 0 saturated heterocycles. The van der Waals surface area contributed by atoms with Crippen LogP contribution in [0.3, 0.4) is 0 Å². The molecule has 1 aliphatic heterocycles. The summed E-state index contributed by atoms with van der Waals surface area (Å²) in [5.41, 5.74) is 3.56. The van der Waals surface area contributed by atoms with Crippen LogP contribution in [0, 0.1) is 0 Å². The standard InChI is InChI=1S/C25H21N3O3S/c1-3-31-24(30)21-15(2)27-25-28(22(21)16-9-5-4-6-10-16)23(29)20(32-25)13-17-14-26-19-12-8-7-11-18(17)19/h4-14,22,26H,3H2,1-2H3. The molecule has 1 atom stereocenters. The Hall–Kier alpha value is -3.71. The highest BCUT2D eigenvalue weighted by Crippen LogP contribution is 2.30. The van der Waals surface area contributed by atoms with Gasteiger partial charge in [0.2, 0.25) is 0 Å². The van der Waals surface area contributed by atoms with Crippen LogP contribution in [0.25, 0.3) is 17.0 Å². The quantitative estimate of drug-likeness (QED) is 0.492. The number of fused-ring (bicyclic) bond motifs is 2. The van der Waals surface area contributed by atoms with Gasteiger partial charge < -0.3 is 9.72 Å². The Morgan fingerprint density at radius 1 is 1.19 bits per heavy atom. The van der Waals surface area contributed by atoms with E-state index < -0.39 is 12.0 Å². The van der Waals surface area contributed by atoms with E-state index in [0.29, 0.717) is 20.6 Å². The van der Waals surface area contributed by atoms with Crippen molar-refractivity contribution >= 4 is 34.3 Å². The SMILES string of the molecule is CCOC(=O)C1=C(C)N=c2sc(=Cc3c[nH]c4ccccc34)c(=O)n2C1c1ccccc1. The summed E-state index contributed by atoms with van der Waals surface area (Å²) < 4.78 is 7.49. The third-order valence-corrected chi connectivity index (χ3v) is 6.52. The van der Waals surface area contributed by atoms with Gasteiger partial charge in [-0.1, -0.05) is 59.9 Å². The summed E-state index contributed by atoms with van der Waals surface area (Å²) in [7, 11) is 0. The second-order valence-electron chi connectivity index (χ2n) is 7.50. The zero-order valence-corrected chi connectivity index (χ0v) is 18.5. The van der Waals surface area contributed by atoms with Gasteiger partial charge in [-0.3, -0.25) is 9.36 Å². The van der Waals surface area contributed by atoms with E-state index in [1.165, 1.54) is 11.3 Å². The summed E-state index contributed by atoms with van der Waals surface area (Å²) in [5.74, 6) is -0.450. The lowest BCUT2D eigenvalue weighted by Crippen LogP contribution is -2.39. The molecule has 0 spiro atoms. The van der Waals surface area contributed by atoms with Crippen LogP contribution in [0.4, 0.5) is 0 Å². The molecule has 7 heteroatoms. The number of aromatic amines is 1. The number of nitrogens with one attached hydrogen (secondary N) is 1. The third-order valence-electron chi connectivity index (χ3n) is 5.54. The maximum atomic E-state index is 13.6. The fourth-order valence-corrected chi connectivity index (χ4v) is 5.13. The minimum atomic E-state index is -0.586.